The van der Waals surface area contributed by atoms with E-state index in [1.165, 1.54) is 5.69 Å². The molecular formula is C46H56N6O9. The Morgan fingerprint density at radius 3 is 1.74 bits per heavy atom. The molecule has 10 rings (SSSR count). The van der Waals surface area contributed by atoms with Crippen molar-refractivity contribution in [3.05, 3.63) is 102 Å². The van der Waals surface area contributed by atoms with E-state index in [9.17, 15) is 14.4 Å². The molecule has 0 aliphatic carbocycles. The molecule has 2 amide bonds. The van der Waals surface area contributed by atoms with Crippen LogP contribution in [0.5, 0.6) is 23.3 Å². The minimum atomic E-state index is -0.187. The molecular weight excluding hydrogens is 781 g/mol. The van der Waals surface area contributed by atoms with E-state index < -0.39 is 0 Å². The second kappa shape index (κ2) is 20.9. The maximum atomic E-state index is 12.0. The number of aldehydes is 1. The number of ether oxygens (including phenoxy) is 6. The number of amides is 2. The van der Waals surface area contributed by atoms with Gasteiger partial charge >= 0.3 is 12.2 Å². The summed E-state index contributed by atoms with van der Waals surface area (Å²) in [6.07, 6.45) is 9.53. The lowest BCUT2D eigenvalue weighted by Gasteiger charge is -2.40. The van der Waals surface area contributed by atoms with Gasteiger partial charge in [0.1, 0.15) is 19.5 Å². The van der Waals surface area contributed by atoms with Crippen LogP contribution in [0.15, 0.2) is 85.2 Å². The lowest BCUT2D eigenvalue weighted by atomic mass is 10.0. The van der Waals surface area contributed by atoms with Gasteiger partial charge in [-0.1, -0.05) is 43.8 Å². The summed E-state index contributed by atoms with van der Waals surface area (Å²) in [7, 11) is 0. The van der Waals surface area contributed by atoms with Crippen LogP contribution in [0.1, 0.15) is 79.6 Å². The molecule has 0 bridgehead atoms. The number of pyridine rings is 2. The summed E-state index contributed by atoms with van der Waals surface area (Å²) in [6.45, 7) is 7.64. The lowest BCUT2D eigenvalue weighted by Crippen LogP contribution is -2.50. The Bertz CT molecular complexity index is 2060. The Hall–Kier alpha value is -6.09. The fourth-order valence-electron chi connectivity index (χ4n) is 8.21. The first-order valence-corrected chi connectivity index (χ1v) is 21.0. The Morgan fingerprint density at radius 2 is 1.18 bits per heavy atom. The van der Waals surface area contributed by atoms with Gasteiger partial charge in [-0.05, 0) is 99.1 Å². The smallest absolute Gasteiger partial charge is 0.410 e. The molecule has 0 radical (unpaired) electrons. The van der Waals surface area contributed by atoms with Crippen LogP contribution < -0.4 is 29.2 Å². The number of aromatic nitrogens is 2. The number of hydrogen-bond acceptors (Lipinski definition) is 13. The number of benzene rings is 2. The van der Waals surface area contributed by atoms with E-state index in [-0.39, 0.29) is 37.9 Å². The quantitative estimate of drug-likeness (QED) is 0.198. The van der Waals surface area contributed by atoms with Gasteiger partial charge < -0.3 is 48.4 Å². The predicted molar refractivity (Wildman–Crippen MR) is 228 cm³/mol. The van der Waals surface area contributed by atoms with Crippen LogP contribution in [-0.4, -0.2) is 116 Å². The number of carbonyl (C=O) groups is 3. The van der Waals surface area contributed by atoms with Crippen molar-refractivity contribution in [2.45, 2.75) is 70.2 Å². The van der Waals surface area contributed by atoms with Gasteiger partial charge in [0.2, 0.25) is 0 Å². The van der Waals surface area contributed by atoms with Crippen molar-refractivity contribution in [1.29, 1.82) is 0 Å². The monoisotopic (exact) mass is 836 g/mol. The van der Waals surface area contributed by atoms with E-state index in [1.807, 2.05) is 40.1 Å². The maximum absolute atomic E-state index is 12.0. The third-order valence-electron chi connectivity index (χ3n) is 11.5. The summed E-state index contributed by atoms with van der Waals surface area (Å²) in [5.41, 5.74) is 3.88. The molecule has 0 spiro atoms. The molecule has 2 aromatic carbocycles. The SMILES string of the molecule is C.O=C1OCCCN1C1CCN(c2cccc([C@H]3COc4cccnc4O3)c2)CC1.O=C1OCCCN1C1CCNCC1.O=Cc1ccc([C@H]2COc3cccnc3O2)cc1. The van der Waals surface area contributed by atoms with E-state index in [2.05, 4.69) is 44.5 Å². The van der Waals surface area contributed by atoms with Crippen LogP contribution in [0.25, 0.3) is 0 Å². The number of anilines is 1. The van der Waals surface area contributed by atoms with E-state index in [1.54, 1.807) is 30.6 Å². The normalized spacial score (nSPS) is 21.2. The zero-order chi connectivity index (χ0) is 41.1. The summed E-state index contributed by atoms with van der Waals surface area (Å²) in [6, 6.07) is 23.7. The molecule has 4 fully saturated rings. The summed E-state index contributed by atoms with van der Waals surface area (Å²) < 4.78 is 33.4. The molecule has 0 saturated carbocycles. The summed E-state index contributed by atoms with van der Waals surface area (Å²) >= 11 is 0. The van der Waals surface area contributed by atoms with Crippen LogP contribution in [-0.2, 0) is 9.47 Å². The third kappa shape index (κ3) is 10.8. The van der Waals surface area contributed by atoms with Crippen LogP contribution >= 0.6 is 0 Å². The van der Waals surface area contributed by atoms with Gasteiger partial charge in [-0.25, -0.2) is 19.6 Å². The Morgan fingerprint density at radius 1 is 0.623 bits per heavy atom. The number of carbonyl (C=O) groups excluding carboxylic acids is 3. The fourth-order valence-corrected chi connectivity index (χ4v) is 8.21. The zero-order valence-corrected chi connectivity index (χ0v) is 33.7. The molecule has 8 heterocycles. The average Bonchev–Trinajstić information content (AvgIpc) is 3.32. The van der Waals surface area contributed by atoms with Crippen LogP contribution in [0, 0.1) is 0 Å². The Kier molecular flexibility index (Phi) is 14.8. The largest absolute Gasteiger partial charge is 0.484 e. The van der Waals surface area contributed by atoms with E-state index in [0.717, 1.165) is 95.2 Å². The highest BCUT2D eigenvalue weighted by Crippen LogP contribution is 2.36. The molecule has 15 heteroatoms. The van der Waals surface area contributed by atoms with E-state index >= 15 is 0 Å². The number of nitrogens with zero attached hydrogens (tertiary/aromatic N) is 5. The molecule has 4 aromatic rings. The van der Waals surface area contributed by atoms with Crippen molar-refractivity contribution >= 4 is 24.2 Å². The second-order valence-corrected chi connectivity index (χ2v) is 15.3. The van der Waals surface area contributed by atoms with Crippen molar-refractivity contribution in [3.8, 4) is 23.3 Å². The van der Waals surface area contributed by atoms with Gasteiger partial charge in [0.25, 0.3) is 11.8 Å². The predicted octanol–water partition coefficient (Wildman–Crippen LogP) is 7.03. The topological polar surface area (TPSA) is 154 Å². The molecule has 61 heavy (non-hydrogen) atoms. The van der Waals surface area contributed by atoms with Gasteiger partial charge in [0.15, 0.2) is 23.7 Å². The van der Waals surface area contributed by atoms with Crippen molar-refractivity contribution in [2.75, 3.05) is 70.6 Å². The first kappa shape index (κ1) is 43.0. The Labute approximate surface area is 357 Å². The molecule has 0 unspecified atom stereocenters. The third-order valence-corrected chi connectivity index (χ3v) is 11.5. The molecule has 4 saturated heterocycles. The van der Waals surface area contributed by atoms with E-state index in [0.29, 0.717) is 61.3 Å². The number of nitrogens with one attached hydrogen (secondary N) is 1. The maximum Gasteiger partial charge on any atom is 0.410 e. The first-order chi connectivity index (χ1) is 29.5. The van der Waals surface area contributed by atoms with Crippen molar-refractivity contribution in [2.24, 2.45) is 0 Å². The number of fused-ring (bicyclic) bond motifs is 2. The van der Waals surface area contributed by atoms with Crippen molar-refractivity contribution < 1.29 is 42.8 Å². The highest BCUT2D eigenvalue weighted by Gasteiger charge is 2.32. The van der Waals surface area contributed by atoms with Crippen molar-refractivity contribution in [3.63, 3.8) is 0 Å². The van der Waals surface area contributed by atoms with Crippen molar-refractivity contribution in [1.82, 2.24) is 25.1 Å². The number of hydrogen-bond donors (Lipinski definition) is 1. The molecule has 2 aromatic heterocycles. The fraction of sp³-hybridized carbons (Fsp3) is 0.457. The number of rotatable bonds is 6. The van der Waals surface area contributed by atoms with Gasteiger partial charge in [-0.15, -0.1) is 0 Å². The molecule has 324 valence electrons. The minimum Gasteiger partial charge on any atom is -0.484 e. The first-order valence-electron chi connectivity index (χ1n) is 21.0. The van der Waals surface area contributed by atoms with E-state index in [4.69, 9.17) is 28.4 Å². The lowest BCUT2D eigenvalue weighted by molar-refractivity contribution is 0.0483. The second-order valence-electron chi connectivity index (χ2n) is 15.3. The highest BCUT2D eigenvalue weighted by atomic mass is 16.6. The molecule has 1 N–H and O–H groups in total. The van der Waals surface area contributed by atoms with Crippen LogP contribution in [0.4, 0.5) is 15.3 Å². The standard InChI is InChI=1S/C22H25N3O4.C14H11NO3.C9H16N2O2.CH4/c26-22-25(10-3-13-27-22)17-7-11-24(12-8-17)18-5-1-4-16(14-18)20-15-28-19-6-2-9-23-21(19)29-20;16-8-10-3-5-11(6-4-10)13-9-17-12-2-1-7-15-14(12)18-13;12-9-11(6-1-7-13-9)8-2-4-10-5-3-8;/h1-2,4-6,9,14,17,20H,3,7-8,10-13,15H2;1-8,13H,9H2;8,10H,1-7H2;1H4/t20-;13-;;/m11../s1. The number of cyclic esters (lactones) is 2. The van der Waals surface area contributed by atoms with Gasteiger partial charge in [0.05, 0.1) is 13.2 Å². The Balaban J connectivity index is 0.000000150. The highest BCUT2D eigenvalue weighted by molar-refractivity contribution is 5.74. The average molecular weight is 837 g/mol. The van der Waals surface area contributed by atoms with Crippen LogP contribution in [0.2, 0.25) is 0 Å². The summed E-state index contributed by atoms with van der Waals surface area (Å²) in [4.78, 5) is 48.6. The molecule has 15 nitrogen and oxygen atoms in total. The summed E-state index contributed by atoms with van der Waals surface area (Å²) in [5.74, 6) is 2.41. The molecule has 6 aliphatic rings. The van der Waals surface area contributed by atoms with Crippen LogP contribution in [0.3, 0.4) is 0 Å². The number of piperidine rings is 2. The molecule has 2 atom stereocenters. The zero-order valence-electron chi connectivity index (χ0n) is 33.7. The van der Waals surface area contributed by atoms with Gasteiger partial charge in [0, 0.05) is 61.9 Å². The minimum absolute atomic E-state index is 0. The molecule has 6 aliphatic heterocycles. The summed E-state index contributed by atoms with van der Waals surface area (Å²) in [5, 5.41) is 3.29. The van der Waals surface area contributed by atoms with Gasteiger partial charge in [-0.2, -0.15) is 0 Å². The van der Waals surface area contributed by atoms with Gasteiger partial charge in [-0.3, -0.25) is 4.79 Å².